The number of rotatable bonds is 1. The molecule has 0 aliphatic carbocycles. The third-order valence-corrected chi connectivity index (χ3v) is 2.09. The zero-order valence-electron chi connectivity index (χ0n) is 9.61. The summed E-state index contributed by atoms with van der Waals surface area (Å²) in [4.78, 5) is 3.42. The van der Waals surface area contributed by atoms with Gasteiger partial charge in [-0.1, -0.05) is 20.8 Å². The second-order valence-electron chi connectivity index (χ2n) is 4.56. The number of aliphatic imine (C=N–C) groups is 1. The highest BCUT2D eigenvalue weighted by atomic mass is 19.2. The zero-order valence-corrected chi connectivity index (χ0v) is 9.61. The van der Waals surface area contributed by atoms with Gasteiger partial charge in [0.2, 0.25) is 0 Å². The van der Waals surface area contributed by atoms with Crippen molar-refractivity contribution in [2.45, 2.75) is 20.8 Å². The largest absolute Gasteiger partial charge is 0.387 e. The van der Waals surface area contributed by atoms with Crippen molar-refractivity contribution in [3.63, 3.8) is 0 Å². The molecule has 0 aromatic heterocycles. The molecule has 0 unspecified atom stereocenters. The second kappa shape index (κ2) is 4.35. The Morgan fingerprint density at radius 3 is 1.82 bits per heavy atom. The molecular formula is C11H12F4N2. The van der Waals surface area contributed by atoms with Crippen LogP contribution in [0.15, 0.2) is 11.1 Å². The third-order valence-electron chi connectivity index (χ3n) is 2.09. The molecule has 0 radical (unpaired) electrons. The zero-order chi connectivity index (χ0) is 13.4. The van der Waals surface area contributed by atoms with Gasteiger partial charge in [0.25, 0.3) is 0 Å². The van der Waals surface area contributed by atoms with Crippen LogP contribution in [-0.2, 0) is 0 Å². The van der Waals surface area contributed by atoms with Crippen molar-refractivity contribution in [3.05, 3.63) is 29.3 Å². The topological polar surface area (TPSA) is 38.4 Å². The second-order valence-corrected chi connectivity index (χ2v) is 4.56. The summed E-state index contributed by atoms with van der Waals surface area (Å²) in [7, 11) is 0. The van der Waals surface area contributed by atoms with Crippen molar-refractivity contribution in [2.75, 3.05) is 0 Å². The van der Waals surface area contributed by atoms with Crippen LogP contribution in [0.4, 0.5) is 23.2 Å². The lowest BCUT2D eigenvalue weighted by Gasteiger charge is -2.17. The van der Waals surface area contributed by atoms with E-state index in [4.69, 9.17) is 5.73 Å². The average Bonchev–Trinajstić information content (AvgIpc) is 2.20. The summed E-state index contributed by atoms with van der Waals surface area (Å²) in [6.07, 6.45) is 0. The van der Waals surface area contributed by atoms with Gasteiger partial charge in [0.15, 0.2) is 23.3 Å². The molecule has 1 aromatic rings. The molecule has 1 rings (SSSR count). The van der Waals surface area contributed by atoms with E-state index in [1.165, 1.54) is 0 Å². The smallest absolute Gasteiger partial charge is 0.187 e. The van der Waals surface area contributed by atoms with Gasteiger partial charge >= 0.3 is 0 Å². The number of hydrogen-bond acceptors (Lipinski definition) is 1. The molecule has 0 saturated carbocycles. The molecule has 17 heavy (non-hydrogen) atoms. The first-order chi connectivity index (χ1) is 7.64. The van der Waals surface area contributed by atoms with Crippen LogP contribution in [0.25, 0.3) is 0 Å². The van der Waals surface area contributed by atoms with E-state index in [2.05, 4.69) is 4.99 Å². The monoisotopic (exact) mass is 248 g/mol. The molecule has 0 saturated heterocycles. The van der Waals surface area contributed by atoms with Gasteiger partial charge in [-0.15, -0.1) is 0 Å². The highest BCUT2D eigenvalue weighted by Gasteiger charge is 2.22. The summed E-state index contributed by atoms with van der Waals surface area (Å²) in [5.41, 5.74) is 3.78. The number of amidine groups is 1. The Bertz CT molecular complexity index is 449. The Morgan fingerprint density at radius 1 is 1.06 bits per heavy atom. The van der Waals surface area contributed by atoms with Gasteiger partial charge in [-0.3, -0.25) is 0 Å². The number of benzene rings is 1. The highest BCUT2D eigenvalue weighted by molar-refractivity contribution is 5.87. The van der Waals surface area contributed by atoms with Gasteiger partial charge in [-0.25, -0.2) is 22.6 Å². The molecule has 0 fully saturated rings. The highest BCUT2D eigenvalue weighted by Crippen LogP contribution is 2.28. The quantitative estimate of drug-likeness (QED) is 0.352. The van der Waals surface area contributed by atoms with Crippen LogP contribution in [0.3, 0.4) is 0 Å². The average molecular weight is 248 g/mol. The molecule has 0 amide bonds. The van der Waals surface area contributed by atoms with Crippen LogP contribution >= 0.6 is 0 Å². The lowest BCUT2D eigenvalue weighted by atomic mass is 9.95. The molecule has 6 heteroatoms. The van der Waals surface area contributed by atoms with E-state index >= 15 is 0 Å². The first-order valence-corrected chi connectivity index (χ1v) is 4.82. The molecule has 0 aliphatic rings. The van der Waals surface area contributed by atoms with E-state index in [-0.39, 0.29) is 11.9 Å². The van der Waals surface area contributed by atoms with Crippen LogP contribution < -0.4 is 5.73 Å². The van der Waals surface area contributed by atoms with Crippen molar-refractivity contribution < 1.29 is 17.6 Å². The first kappa shape index (κ1) is 13.5. The molecule has 2 N–H and O–H groups in total. The van der Waals surface area contributed by atoms with E-state index in [0.29, 0.717) is 0 Å². The van der Waals surface area contributed by atoms with Crippen molar-refractivity contribution >= 4 is 11.5 Å². The number of hydrogen-bond donors (Lipinski definition) is 1. The molecule has 94 valence electrons. The fraction of sp³-hybridized carbons (Fsp3) is 0.364. The fourth-order valence-electron chi connectivity index (χ4n) is 0.947. The van der Waals surface area contributed by atoms with E-state index in [1.54, 1.807) is 20.8 Å². The maximum atomic E-state index is 13.2. The van der Waals surface area contributed by atoms with Gasteiger partial charge in [0.05, 0.1) is 0 Å². The summed E-state index contributed by atoms with van der Waals surface area (Å²) < 4.78 is 52.2. The van der Waals surface area contributed by atoms with E-state index < -0.39 is 34.4 Å². The lowest BCUT2D eigenvalue weighted by Crippen LogP contribution is -2.28. The predicted molar refractivity (Wildman–Crippen MR) is 57.0 cm³/mol. The van der Waals surface area contributed by atoms with Gasteiger partial charge in [0.1, 0.15) is 11.5 Å². The fourth-order valence-corrected chi connectivity index (χ4v) is 0.947. The van der Waals surface area contributed by atoms with Gasteiger partial charge in [-0.05, 0) is 0 Å². The SMILES string of the molecule is CC(C)(C)C(N)=Nc1c(F)c(F)cc(F)c1F. The number of nitrogens with two attached hydrogens (primary N) is 1. The Kier molecular flexibility index (Phi) is 3.45. The van der Waals surface area contributed by atoms with Crippen LogP contribution in [0, 0.1) is 28.7 Å². The van der Waals surface area contributed by atoms with Gasteiger partial charge in [0, 0.05) is 11.5 Å². The maximum Gasteiger partial charge on any atom is 0.187 e. The Balaban J connectivity index is 3.43. The van der Waals surface area contributed by atoms with E-state index in [9.17, 15) is 17.6 Å². The summed E-state index contributed by atoms with van der Waals surface area (Å²) >= 11 is 0. The minimum absolute atomic E-state index is 0.122. The molecule has 0 bridgehead atoms. The molecule has 0 aliphatic heterocycles. The Labute approximate surface area is 96.2 Å². The van der Waals surface area contributed by atoms with Gasteiger partial charge < -0.3 is 5.73 Å². The third kappa shape index (κ3) is 2.75. The van der Waals surface area contributed by atoms with E-state index in [1.807, 2.05) is 0 Å². The van der Waals surface area contributed by atoms with Crippen LogP contribution in [0.1, 0.15) is 20.8 Å². The molecular weight excluding hydrogens is 236 g/mol. The predicted octanol–water partition coefficient (Wildman–Crippen LogP) is 3.28. The standard InChI is InChI=1S/C11H12F4N2/c1-11(2,3)10(16)17-9-7(14)5(12)4-6(13)8(9)15/h4H,1-3H3,(H2,16,17). The first-order valence-electron chi connectivity index (χ1n) is 4.82. The summed E-state index contributed by atoms with van der Waals surface area (Å²) in [5, 5.41) is 0. The van der Waals surface area contributed by atoms with Crippen LogP contribution in [-0.4, -0.2) is 5.84 Å². The van der Waals surface area contributed by atoms with E-state index in [0.717, 1.165) is 0 Å². The van der Waals surface area contributed by atoms with Gasteiger partial charge in [-0.2, -0.15) is 0 Å². The Morgan fingerprint density at radius 2 is 1.47 bits per heavy atom. The molecule has 2 nitrogen and oxygen atoms in total. The van der Waals surface area contributed by atoms with Crippen LogP contribution in [0.5, 0.6) is 0 Å². The molecule has 0 atom stereocenters. The lowest BCUT2D eigenvalue weighted by molar-refractivity contribution is 0.457. The minimum atomic E-state index is -1.56. The van der Waals surface area contributed by atoms with Crippen LogP contribution in [0.2, 0.25) is 0 Å². The van der Waals surface area contributed by atoms with Crippen molar-refractivity contribution in [3.8, 4) is 0 Å². The minimum Gasteiger partial charge on any atom is -0.387 e. The number of nitrogens with zero attached hydrogens (tertiary/aromatic N) is 1. The molecule has 0 heterocycles. The van der Waals surface area contributed by atoms with Crippen molar-refractivity contribution in [2.24, 2.45) is 16.1 Å². The summed E-state index contributed by atoms with van der Waals surface area (Å²) in [5.74, 6) is -6.26. The molecule has 0 spiro atoms. The maximum absolute atomic E-state index is 13.2. The summed E-state index contributed by atoms with van der Waals surface area (Å²) in [6.45, 7) is 4.95. The Hall–Kier alpha value is -1.59. The van der Waals surface area contributed by atoms with Crippen molar-refractivity contribution in [1.82, 2.24) is 0 Å². The van der Waals surface area contributed by atoms with Crippen molar-refractivity contribution in [1.29, 1.82) is 0 Å². The molecule has 1 aromatic carbocycles. The normalized spacial score (nSPS) is 13.0. The summed E-state index contributed by atoms with van der Waals surface area (Å²) in [6, 6.07) is 0.122. The number of halogens is 4.